The molecule has 11 aromatic rings. The second-order valence-electron chi connectivity index (χ2n) is 16.3. The molecular weight excluding hydrogens is 701 g/mol. The average molecular weight is 739 g/mol. The molecular formula is C57H38O. The molecule has 0 fully saturated rings. The van der Waals surface area contributed by atoms with Crippen molar-refractivity contribution in [2.45, 2.75) is 19.3 Å². The van der Waals surface area contributed by atoms with E-state index in [-0.39, 0.29) is 5.41 Å². The zero-order valence-corrected chi connectivity index (χ0v) is 32.4. The molecule has 0 saturated carbocycles. The molecule has 1 aliphatic rings. The Bertz CT molecular complexity index is 3410. The summed E-state index contributed by atoms with van der Waals surface area (Å²) < 4.78 is 6.58. The molecule has 0 amide bonds. The smallest absolute Gasteiger partial charge is 0.136 e. The molecule has 0 saturated heterocycles. The van der Waals surface area contributed by atoms with Crippen LogP contribution in [0.25, 0.3) is 110 Å². The molecule has 1 aromatic heterocycles. The molecule has 1 heteroatoms. The SMILES string of the molecule is CC1(C)c2ccccc2-c2ccc(-c3c(-c4cccc5c(-c6c7ccccc7c(-c7ccccc7)c7ccccc67)cccc45)ccc4oc5ccccc5c34)cc21. The van der Waals surface area contributed by atoms with Gasteiger partial charge in [-0.1, -0.05) is 184 Å². The highest BCUT2D eigenvalue weighted by atomic mass is 16.3. The summed E-state index contributed by atoms with van der Waals surface area (Å²) in [4.78, 5) is 0. The second-order valence-corrected chi connectivity index (χ2v) is 16.3. The Morgan fingerprint density at radius 3 is 1.59 bits per heavy atom. The number of hydrogen-bond acceptors (Lipinski definition) is 1. The van der Waals surface area contributed by atoms with Crippen LogP contribution in [0, 0.1) is 0 Å². The van der Waals surface area contributed by atoms with Crippen molar-refractivity contribution in [1.82, 2.24) is 0 Å². The van der Waals surface area contributed by atoms with E-state index in [0.29, 0.717) is 0 Å². The van der Waals surface area contributed by atoms with Crippen molar-refractivity contribution in [3.8, 4) is 55.6 Å². The monoisotopic (exact) mass is 738 g/mol. The molecule has 0 bridgehead atoms. The summed E-state index contributed by atoms with van der Waals surface area (Å²) in [5, 5.41) is 9.78. The van der Waals surface area contributed by atoms with Crippen LogP contribution in [0.3, 0.4) is 0 Å². The normalized spacial score (nSPS) is 13.1. The molecule has 1 heterocycles. The van der Waals surface area contributed by atoms with Gasteiger partial charge in [-0.25, -0.2) is 0 Å². The van der Waals surface area contributed by atoms with Crippen LogP contribution in [0.4, 0.5) is 0 Å². The summed E-state index contributed by atoms with van der Waals surface area (Å²) >= 11 is 0. The number of para-hydroxylation sites is 1. The van der Waals surface area contributed by atoms with E-state index >= 15 is 0 Å². The van der Waals surface area contributed by atoms with Crippen molar-refractivity contribution in [3.63, 3.8) is 0 Å². The van der Waals surface area contributed by atoms with Gasteiger partial charge in [0.2, 0.25) is 0 Å². The predicted octanol–water partition coefficient (Wildman–Crippen LogP) is 16.0. The molecule has 10 aromatic carbocycles. The van der Waals surface area contributed by atoms with Gasteiger partial charge in [0, 0.05) is 21.8 Å². The third-order valence-electron chi connectivity index (χ3n) is 12.9. The van der Waals surface area contributed by atoms with Crippen molar-refractivity contribution in [2.24, 2.45) is 0 Å². The van der Waals surface area contributed by atoms with Crippen LogP contribution < -0.4 is 0 Å². The lowest BCUT2D eigenvalue weighted by molar-refractivity contribution is 0.660. The van der Waals surface area contributed by atoms with Crippen LogP contribution in [-0.4, -0.2) is 0 Å². The minimum absolute atomic E-state index is 0.121. The molecule has 1 nitrogen and oxygen atoms in total. The lowest BCUT2D eigenvalue weighted by Gasteiger charge is -2.23. The molecule has 58 heavy (non-hydrogen) atoms. The van der Waals surface area contributed by atoms with Crippen LogP contribution in [0.1, 0.15) is 25.0 Å². The molecule has 0 unspecified atom stereocenters. The molecule has 12 rings (SSSR count). The fourth-order valence-corrected chi connectivity index (χ4v) is 10.3. The van der Waals surface area contributed by atoms with Gasteiger partial charge in [0.05, 0.1) is 0 Å². The van der Waals surface area contributed by atoms with Crippen molar-refractivity contribution < 1.29 is 4.42 Å². The molecule has 0 aliphatic heterocycles. The van der Waals surface area contributed by atoms with E-state index in [2.05, 4.69) is 208 Å². The van der Waals surface area contributed by atoms with Gasteiger partial charge in [-0.2, -0.15) is 0 Å². The number of furan rings is 1. The van der Waals surface area contributed by atoms with Gasteiger partial charge in [-0.05, 0) is 118 Å². The fourth-order valence-electron chi connectivity index (χ4n) is 10.3. The maximum atomic E-state index is 6.58. The highest BCUT2D eigenvalue weighted by molar-refractivity contribution is 6.24. The van der Waals surface area contributed by atoms with Gasteiger partial charge < -0.3 is 4.42 Å². The quantitative estimate of drug-likeness (QED) is 0.164. The Morgan fingerprint density at radius 2 is 0.845 bits per heavy atom. The fraction of sp³-hybridized carbons (Fsp3) is 0.0526. The Morgan fingerprint density at radius 1 is 0.310 bits per heavy atom. The topological polar surface area (TPSA) is 13.1 Å². The van der Waals surface area contributed by atoms with Crippen LogP contribution >= 0.6 is 0 Å². The van der Waals surface area contributed by atoms with Crippen LogP contribution in [0.2, 0.25) is 0 Å². The van der Waals surface area contributed by atoms with Gasteiger partial charge in [0.15, 0.2) is 0 Å². The van der Waals surface area contributed by atoms with Crippen LogP contribution in [-0.2, 0) is 5.41 Å². The first-order valence-electron chi connectivity index (χ1n) is 20.3. The number of rotatable bonds is 4. The minimum Gasteiger partial charge on any atom is -0.456 e. The maximum Gasteiger partial charge on any atom is 0.136 e. The summed E-state index contributed by atoms with van der Waals surface area (Å²) in [6, 6.07) is 71.4. The summed E-state index contributed by atoms with van der Waals surface area (Å²) in [5.41, 5.74) is 16.9. The highest BCUT2D eigenvalue weighted by Crippen LogP contribution is 2.52. The zero-order chi connectivity index (χ0) is 38.5. The van der Waals surface area contributed by atoms with Crippen molar-refractivity contribution >= 4 is 54.3 Å². The van der Waals surface area contributed by atoms with Crippen molar-refractivity contribution in [1.29, 1.82) is 0 Å². The standard InChI is InChI=1S/C57H38O/c1-57(2)49-28-12-10-18-40(49)41-31-30-36(34-50(41)57)54-47(32-33-52-56(54)48-23-11-13-29-51(48)58-52)39-26-14-25-38-37(39)24-15-27-42(38)55-45-21-8-6-19-43(45)53(35-16-4-3-5-17-35)44-20-7-9-22-46(44)55/h3-34H,1-2H3. The Kier molecular flexibility index (Phi) is 7.04. The summed E-state index contributed by atoms with van der Waals surface area (Å²) in [6.07, 6.45) is 0. The van der Waals surface area contributed by atoms with Gasteiger partial charge in [-0.15, -0.1) is 0 Å². The van der Waals surface area contributed by atoms with Crippen LogP contribution in [0.15, 0.2) is 199 Å². The summed E-state index contributed by atoms with van der Waals surface area (Å²) in [7, 11) is 0. The molecule has 0 radical (unpaired) electrons. The van der Waals surface area contributed by atoms with Gasteiger partial charge in [-0.3, -0.25) is 0 Å². The van der Waals surface area contributed by atoms with E-state index in [1.165, 1.54) is 99.1 Å². The first-order chi connectivity index (χ1) is 28.6. The van der Waals surface area contributed by atoms with E-state index in [9.17, 15) is 0 Å². The molecule has 0 atom stereocenters. The lowest BCUT2D eigenvalue weighted by Crippen LogP contribution is -2.14. The molecule has 1 aliphatic carbocycles. The highest BCUT2D eigenvalue weighted by Gasteiger charge is 2.35. The number of benzene rings is 10. The van der Waals surface area contributed by atoms with Crippen LogP contribution in [0.5, 0.6) is 0 Å². The first-order valence-corrected chi connectivity index (χ1v) is 20.3. The second kappa shape index (κ2) is 12.4. The van der Waals surface area contributed by atoms with E-state index in [4.69, 9.17) is 4.42 Å². The number of hydrogen-bond donors (Lipinski definition) is 0. The molecule has 0 spiro atoms. The molecule has 272 valence electrons. The molecule has 0 N–H and O–H groups in total. The minimum atomic E-state index is -0.121. The van der Waals surface area contributed by atoms with E-state index in [0.717, 1.165) is 21.9 Å². The number of fused-ring (bicyclic) bond motifs is 9. The van der Waals surface area contributed by atoms with Crippen molar-refractivity contribution in [2.75, 3.05) is 0 Å². The van der Waals surface area contributed by atoms with Gasteiger partial charge in [0.25, 0.3) is 0 Å². The predicted molar refractivity (Wildman–Crippen MR) is 246 cm³/mol. The van der Waals surface area contributed by atoms with Crippen molar-refractivity contribution in [3.05, 3.63) is 205 Å². The zero-order valence-electron chi connectivity index (χ0n) is 32.4. The van der Waals surface area contributed by atoms with Gasteiger partial charge >= 0.3 is 0 Å². The largest absolute Gasteiger partial charge is 0.456 e. The average Bonchev–Trinajstić information content (AvgIpc) is 3.77. The van der Waals surface area contributed by atoms with E-state index in [1.54, 1.807) is 0 Å². The third-order valence-corrected chi connectivity index (χ3v) is 12.9. The van der Waals surface area contributed by atoms with E-state index in [1.807, 2.05) is 0 Å². The summed E-state index contributed by atoms with van der Waals surface area (Å²) in [5.74, 6) is 0. The third kappa shape index (κ3) is 4.65. The van der Waals surface area contributed by atoms with E-state index < -0.39 is 0 Å². The summed E-state index contributed by atoms with van der Waals surface area (Å²) in [6.45, 7) is 4.73. The Balaban J connectivity index is 1.14. The lowest BCUT2D eigenvalue weighted by atomic mass is 9.80. The Labute approximate surface area is 337 Å². The maximum absolute atomic E-state index is 6.58. The Hall–Kier alpha value is -7.22. The first kappa shape index (κ1) is 33.0. The van der Waals surface area contributed by atoms with Gasteiger partial charge in [0.1, 0.15) is 11.2 Å².